The van der Waals surface area contributed by atoms with E-state index in [0.717, 1.165) is 31.2 Å². The Bertz CT molecular complexity index is 1140. The van der Waals surface area contributed by atoms with Crippen molar-refractivity contribution in [3.8, 4) is 11.1 Å². The summed E-state index contributed by atoms with van der Waals surface area (Å²) in [4.78, 5) is 13.2. The first-order chi connectivity index (χ1) is 16.3. The fraction of sp³-hybridized carbons (Fsp3) is 0.231. The fourth-order valence-electron chi connectivity index (χ4n) is 3.59. The zero-order valence-corrected chi connectivity index (χ0v) is 21.6. The van der Waals surface area contributed by atoms with Crippen LogP contribution in [0.3, 0.4) is 0 Å². The van der Waals surface area contributed by atoms with Crippen molar-refractivity contribution in [2.24, 2.45) is 4.99 Å². The van der Waals surface area contributed by atoms with Crippen molar-refractivity contribution < 1.29 is 0 Å². The fourth-order valence-corrected chi connectivity index (χ4v) is 3.59. The van der Waals surface area contributed by atoms with Crippen molar-refractivity contribution in [1.29, 1.82) is 0 Å². The summed E-state index contributed by atoms with van der Waals surface area (Å²) in [6.07, 6.45) is 5.96. The minimum atomic E-state index is 0. The number of hydrogen-bond acceptors (Lipinski definition) is 4. The lowest BCUT2D eigenvalue weighted by molar-refractivity contribution is 0.685. The molecule has 0 unspecified atom stereocenters. The van der Waals surface area contributed by atoms with Crippen LogP contribution < -0.4 is 10.6 Å². The number of aromatic nitrogens is 4. The van der Waals surface area contributed by atoms with Gasteiger partial charge in [-0.2, -0.15) is 5.10 Å². The highest BCUT2D eigenvalue weighted by atomic mass is 127. The van der Waals surface area contributed by atoms with Gasteiger partial charge >= 0.3 is 0 Å². The lowest BCUT2D eigenvalue weighted by Gasteiger charge is -2.13. The van der Waals surface area contributed by atoms with Gasteiger partial charge < -0.3 is 10.6 Å². The predicted octanol–water partition coefficient (Wildman–Crippen LogP) is 4.30. The second kappa shape index (κ2) is 13.4. The summed E-state index contributed by atoms with van der Waals surface area (Å²) in [6, 6.07) is 23.0. The molecule has 0 bridgehead atoms. The Morgan fingerprint density at radius 2 is 1.79 bits per heavy atom. The third-order valence-corrected chi connectivity index (χ3v) is 5.24. The van der Waals surface area contributed by atoms with Gasteiger partial charge in [-0.05, 0) is 41.3 Å². The summed E-state index contributed by atoms with van der Waals surface area (Å²) in [5, 5.41) is 10.9. The molecule has 0 saturated heterocycles. The Labute approximate surface area is 217 Å². The maximum atomic E-state index is 4.82. The van der Waals surface area contributed by atoms with E-state index in [-0.39, 0.29) is 24.0 Å². The van der Waals surface area contributed by atoms with E-state index < -0.39 is 0 Å². The van der Waals surface area contributed by atoms with E-state index >= 15 is 0 Å². The molecule has 8 heteroatoms. The minimum Gasteiger partial charge on any atom is -0.357 e. The molecule has 0 atom stereocenters. The van der Waals surface area contributed by atoms with Gasteiger partial charge in [0.05, 0.1) is 13.1 Å². The van der Waals surface area contributed by atoms with Crippen LogP contribution in [-0.4, -0.2) is 38.8 Å². The number of aliphatic imine (C=N–C) groups is 1. The molecule has 0 aliphatic heterocycles. The van der Waals surface area contributed by atoms with Gasteiger partial charge in [-0.15, -0.1) is 24.0 Å². The molecule has 4 aromatic rings. The van der Waals surface area contributed by atoms with E-state index in [9.17, 15) is 0 Å². The highest BCUT2D eigenvalue weighted by molar-refractivity contribution is 14.0. The molecule has 2 N–H and O–H groups in total. The van der Waals surface area contributed by atoms with Gasteiger partial charge in [-0.25, -0.2) is 14.7 Å². The van der Waals surface area contributed by atoms with E-state index in [2.05, 4.69) is 81.2 Å². The van der Waals surface area contributed by atoms with E-state index in [1.165, 1.54) is 22.3 Å². The predicted molar refractivity (Wildman–Crippen MR) is 147 cm³/mol. The highest BCUT2D eigenvalue weighted by Crippen LogP contribution is 2.25. The molecule has 2 aromatic heterocycles. The van der Waals surface area contributed by atoms with Crippen LogP contribution in [0.5, 0.6) is 0 Å². The first kappa shape index (κ1) is 25.4. The number of guanidine groups is 1. The maximum Gasteiger partial charge on any atom is 0.191 e. The van der Waals surface area contributed by atoms with Crippen LogP contribution in [-0.2, 0) is 19.5 Å². The molecule has 2 heterocycles. The lowest BCUT2D eigenvalue weighted by Crippen LogP contribution is -2.38. The third kappa shape index (κ3) is 7.38. The number of nitrogens with zero attached hydrogens (tertiary/aromatic N) is 5. The summed E-state index contributed by atoms with van der Waals surface area (Å²) < 4.78 is 1.82. The van der Waals surface area contributed by atoms with E-state index in [4.69, 9.17) is 4.99 Å². The Morgan fingerprint density at radius 3 is 2.53 bits per heavy atom. The summed E-state index contributed by atoms with van der Waals surface area (Å²) in [5.74, 6) is 0.811. The second-order valence-corrected chi connectivity index (χ2v) is 7.64. The molecule has 4 rings (SSSR count). The molecule has 0 aliphatic carbocycles. The van der Waals surface area contributed by atoms with Crippen LogP contribution in [0.2, 0.25) is 0 Å². The van der Waals surface area contributed by atoms with Crippen LogP contribution in [0.4, 0.5) is 0 Å². The standard InChI is InChI=1S/C26H29N7.HI/c1-2-28-26(30-16-14-24-8-5-6-15-29-24)31-17-23-7-3-4-9-25(23)22-12-10-21(11-13-22)18-33-20-27-19-32-33;/h3-13,15,19-20H,2,14,16-18H2,1H3,(H2,28,30,31);1H. The van der Waals surface area contributed by atoms with Crippen molar-refractivity contribution >= 4 is 29.9 Å². The summed E-state index contributed by atoms with van der Waals surface area (Å²) in [7, 11) is 0. The number of hydrogen-bond donors (Lipinski definition) is 2. The van der Waals surface area contributed by atoms with Crippen molar-refractivity contribution in [3.05, 3.63) is 102 Å². The topological polar surface area (TPSA) is 80.0 Å². The SMILES string of the molecule is CCNC(=NCc1ccccc1-c1ccc(Cn2cncn2)cc1)NCCc1ccccn1.I. The maximum absolute atomic E-state index is 4.82. The molecule has 34 heavy (non-hydrogen) atoms. The smallest absolute Gasteiger partial charge is 0.191 e. The molecule has 0 fully saturated rings. The van der Waals surface area contributed by atoms with Crippen molar-refractivity contribution in [2.45, 2.75) is 26.4 Å². The zero-order chi connectivity index (χ0) is 22.7. The van der Waals surface area contributed by atoms with Gasteiger partial charge in [0, 0.05) is 31.4 Å². The van der Waals surface area contributed by atoms with E-state index in [1.807, 2.05) is 29.1 Å². The highest BCUT2D eigenvalue weighted by Gasteiger charge is 2.06. The summed E-state index contributed by atoms with van der Waals surface area (Å²) in [5.41, 5.74) is 5.81. The summed E-state index contributed by atoms with van der Waals surface area (Å²) >= 11 is 0. The van der Waals surface area contributed by atoms with Crippen molar-refractivity contribution in [1.82, 2.24) is 30.4 Å². The van der Waals surface area contributed by atoms with E-state index in [0.29, 0.717) is 13.1 Å². The summed E-state index contributed by atoms with van der Waals surface area (Å²) in [6.45, 7) is 4.96. The number of halogens is 1. The van der Waals surface area contributed by atoms with Crippen LogP contribution in [0.1, 0.15) is 23.7 Å². The first-order valence-electron chi connectivity index (χ1n) is 11.2. The van der Waals surface area contributed by atoms with Crippen molar-refractivity contribution in [3.63, 3.8) is 0 Å². The molecule has 0 radical (unpaired) electrons. The number of pyridine rings is 1. The molecule has 176 valence electrons. The van der Waals surface area contributed by atoms with Gasteiger partial charge in [0.15, 0.2) is 5.96 Å². The first-order valence-corrected chi connectivity index (χ1v) is 11.2. The average molecular weight is 567 g/mol. The van der Waals surface area contributed by atoms with Gasteiger partial charge in [-0.3, -0.25) is 4.98 Å². The Kier molecular flexibility index (Phi) is 10.0. The van der Waals surface area contributed by atoms with Gasteiger partial charge in [0.1, 0.15) is 12.7 Å². The average Bonchev–Trinajstić information content (AvgIpc) is 3.37. The molecule has 2 aromatic carbocycles. The number of nitrogens with one attached hydrogen (secondary N) is 2. The van der Waals surface area contributed by atoms with Crippen molar-refractivity contribution in [2.75, 3.05) is 13.1 Å². The number of benzene rings is 2. The number of rotatable bonds is 9. The Morgan fingerprint density at radius 1 is 0.971 bits per heavy atom. The van der Waals surface area contributed by atoms with Gasteiger partial charge in [0.25, 0.3) is 0 Å². The Balaban J connectivity index is 0.00000324. The normalized spacial score (nSPS) is 11.0. The molecular weight excluding hydrogens is 537 g/mol. The minimum absolute atomic E-state index is 0. The Hall–Kier alpha value is -3.27. The molecular formula is C26H30IN7. The quantitative estimate of drug-likeness (QED) is 0.179. The molecule has 0 saturated carbocycles. The van der Waals surface area contributed by atoms with Crippen LogP contribution >= 0.6 is 24.0 Å². The molecule has 7 nitrogen and oxygen atoms in total. The molecule has 0 amide bonds. The zero-order valence-electron chi connectivity index (χ0n) is 19.3. The van der Waals surface area contributed by atoms with E-state index in [1.54, 1.807) is 12.7 Å². The van der Waals surface area contributed by atoms with Crippen LogP contribution in [0.25, 0.3) is 11.1 Å². The van der Waals surface area contributed by atoms with Crippen LogP contribution in [0.15, 0.2) is 90.6 Å². The van der Waals surface area contributed by atoms with Gasteiger partial charge in [-0.1, -0.05) is 54.6 Å². The van der Waals surface area contributed by atoms with Gasteiger partial charge in [0.2, 0.25) is 0 Å². The van der Waals surface area contributed by atoms with Crippen LogP contribution in [0, 0.1) is 0 Å². The largest absolute Gasteiger partial charge is 0.357 e. The molecule has 0 spiro atoms. The molecule has 0 aliphatic rings. The third-order valence-electron chi connectivity index (χ3n) is 5.24. The monoisotopic (exact) mass is 567 g/mol. The lowest BCUT2D eigenvalue weighted by atomic mass is 9.98. The second-order valence-electron chi connectivity index (χ2n) is 7.64.